The van der Waals surface area contributed by atoms with E-state index >= 15 is 0 Å². The van der Waals surface area contributed by atoms with Gasteiger partial charge in [0.15, 0.2) is 18.1 Å². The first-order chi connectivity index (χ1) is 16.0. The predicted molar refractivity (Wildman–Crippen MR) is 128 cm³/mol. The number of ether oxygens (including phenoxy) is 2. The number of rotatable bonds is 9. The van der Waals surface area contributed by atoms with Crippen LogP contribution < -0.4 is 15.2 Å². The Labute approximate surface area is 195 Å². The molecular formula is C27H31N3O3. The van der Waals surface area contributed by atoms with E-state index in [1.54, 1.807) is 7.11 Å². The molecule has 0 saturated carbocycles. The van der Waals surface area contributed by atoms with Crippen molar-refractivity contribution in [1.82, 2.24) is 9.88 Å². The molecule has 6 nitrogen and oxygen atoms in total. The van der Waals surface area contributed by atoms with Gasteiger partial charge in [0, 0.05) is 12.2 Å². The largest absolute Gasteiger partial charge is 0.493 e. The fourth-order valence-electron chi connectivity index (χ4n) is 4.54. The Morgan fingerprint density at radius 1 is 1.06 bits per heavy atom. The molecule has 1 fully saturated rings. The molecule has 0 bridgehead atoms. The van der Waals surface area contributed by atoms with Crippen LogP contribution in [-0.4, -0.2) is 36.1 Å². The molecule has 172 valence electrons. The second-order valence-corrected chi connectivity index (χ2v) is 8.57. The summed E-state index contributed by atoms with van der Waals surface area (Å²) in [5.41, 5.74) is 11.1. The number of hydrogen-bond donors (Lipinski definition) is 1. The maximum Gasteiger partial charge on any atom is 0.255 e. The molecule has 1 amide bonds. The van der Waals surface area contributed by atoms with Gasteiger partial charge in [-0.25, -0.2) is 0 Å². The number of nitrogens with zero attached hydrogens (tertiary/aromatic N) is 2. The molecule has 3 aromatic rings. The van der Waals surface area contributed by atoms with Gasteiger partial charge in [-0.15, -0.1) is 0 Å². The van der Waals surface area contributed by atoms with E-state index in [0.717, 1.165) is 49.3 Å². The smallest absolute Gasteiger partial charge is 0.255 e. The summed E-state index contributed by atoms with van der Waals surface area (Å²) in [7, 11) is 1.60. The molecule has 6 heteroatoms. The lowest BCUT2D eigenvalue weighted by atomic mass is 10.0. The highest BCUT2D eigenvalue weighted by Crippen LogP contribution is 2.35. The van der Waals surface area contributed by atoms with Crippen molar-refractivity contribution in [2.45, 2.75) is 38.8 Å². The first kappa shape index (κ1) is 22.8. The summed E-state index contributed by atoms with van der Waals surface area (Å²) in [5.74, 6) is 0.602. The number of pyridine rings is 1. The highest BCUT2D eigenvalue weighted by atomic mass is 16.5. The summed E-state index contributed by atoms with van der Waals surface area (Å²) >= 11 is 0. The van der Waals surface area contributed by atoms with E-state index in [2.05, 4.69) is 54.3 Å². The number of carbonyl (C=O) groups is 1. The summed E-state index contributed by atoms with van der Waals surface area (Å²) in [5, 5.41) is 0. The van der Waals surface area contributed by atoms with Gasteiger partial charge in [-0.3, -0.25) is 14.7 Å². The number of primary amides is 1. The van der Waals surface area contributed by atoms with Crippen LogP contribution >= 0.6 is 0 Å². The van der Waals surface area contributed by atoms with Crippen LogP contribution in [0, 0.1) is 6.92 Å². The first-order valence-corrected chi connectivity index (χ1v) is 11.4. The number of aryl methyl sites for hydroxylation is 1. The van der Waals surface area contributed by atoms with Crippen LogP contribution in [0.2, 0.25) is 0 Å². The zero-order valence-corrected chi connectivity index (χ0v) is 19.3. The average molecular weight is 446 g/mol. The predicted octanol–water partition coefficient (Wildman–Crippen LogP) is 4.19. The standard InChI is InChI=1S/C27H31N3O3/c1-19-13-22(14-20-7-4-3-5-8-20)15-23(29-19)24-9-6-12-30(24)17-21-10-11-25(26(16-21)32-2)33-18-27(28)31/h3-5,7-8,10-11,13,15-16,24H,6,9,12,14,17-18H2,1-2H3,(H2,28,31)/t24-/m0/s1. The maximum absolute atomic E-state index is 11.0. The minimum absolute atomic E-state index is 0.172. The molecule has 0 unspecified atom stereocenters. The Balaban J connectivity index is 1.51. The summed E-state index contributed by atoms with van der Waals surface area (Å²) in [6.45, 7) is 3.72. The summed E-state index contributed by atoms with van der Waals surface area (Å²) < 4.78 is 10.9. The topological polar surface area (TPSA) is 77.7 Å². The van der Waals surface area contributed by atoms with Crippen LogP contribution in [-0.2, 0) is 17.8 Å². The fourth-order valence-corrected chi connectivity index (χ4v) is 4.54. The van der Waals surface area contributed by atoms with Gasteiger partial charge in [0.25, 0.3) is 5.91 Å². The number of carbonyl (C=O) groups excluding carboxylic acids is 1. The summed E-state index contributed by atoms with van der Waals surface area (Å²) in [6, 6.07) is 21.1. The van der Waals surface area contributed by atoms with Crippen LogP contribution in [0.5, 0.6) is 11.5 Å². The van der Waals surface area contributed by atoms with E-state index in [0.29, 0.717) is 11.5 Å². The van der Waals surface area contributed by atoms with Crippen molar-refractivity contribution in [3.05, 3.63) is 88.7 Å². The third-order valence-corrected chi connectivity index (χ3v) is 5.97. The van der Waals surface area contributed by atoms with Gasteiger partial charge >= 0.3 is 0 Å². The van der Waals surface area contributed by atoms with E-state index < -0.39 is 5.91 Å². The quantitative estimate of drug-likeness (QED) is 0.534. The zero-order valence-electron chi connectivity index (χ0n) is 19.3. The maximum atomic E-state index is 11.0. The number of methoxy groups -OCH3 is 1. The van der Waals surface area contributed by atoms with E-state index in [-0.39, 0.29) is 12.6 Å². The second-order valence-electron chi connectivity index (χ2n) is 8.57. The number of nitrogens with two attached hydrogens (primary N) is 1. The van der Waals surface area contributed by atoms with Crippen LogP contribution in [0.3, 0.4) is 0 Å². The number of amides is 1. The normalized spacial score (nSPS) is 16.0. The Bertz CT molecular complexity index is 1100. The Morgan fingerprint density at radius 2 is 1.88 bits per heavy atom. The lowest BCUT2D eigenvalue weighted by Gasteiger charge is -2.25. The van der Waals surface area contributed by atoms with Crippen molar-refractivity contribution < 1.29 is 14.3 Å². The van der Waals surface area contributed by atoms with Gasteiger partial charge in [0.1, 0.15) is 0 Å². The minimum atomic E-state index is -0.515. The molecule has 1 saturated heterocycles. The van der Waals surface area contributed by atoms with Gasteiger partial charge in [0.05, 0.1) is 18.8 Å². The molecule has 0 radical (unpaired) electrons. The van der Waals surface area contributed by atoms with Crippen LogP contribution in [0.1, 0.15) is 47.0 Å². The molecule has 1 aliphatic rings. The second kappa shape index (κ2) is 10.5. The van der Waals surface area contributed by atoms with E-state index in [1.165, 1.54) is 11.1 Å². The number of hydrogen-bond acceptors (Lipinski definition) is 5. The first-order valence-electron chi connectivity index (χ1n) is 11.4. The van der Waals surface area contributed by atoms with Crippen molar-refractivity contribution in [1.29, 1.82) is 0 Å². The van der Waals surface area contributed by atoms with Gasteiger partial charge in [-0.05, 0) is 73.7 Å². The highest BCUT2D eigenvalue weighted by molar-refractivity contribution is 5.75. The SMILES string of the molecule is COc1cc(CN2CCC[C@H]2c2cc(Cc3ccccc3)cc(C)n2)ccc1OCC(N)=O. The molecule has 4 rings (SSSR count). The van der Waals surface area contributed by atoms with Crippen LogP contribution in [0.25, 0.3) is 0 Å². The van der Waals surface area contributed by atoms with Gasteiger partial charge in [0.2, 0.25) is 0 Å². The van der Waals surface area contributed by atoms with Gasteiger partial charge < -0.3 is 15.2 Å². The molecule has 1 atom stereocenters. The Kier molecular flexibility index (Phi) is 7.25. The van der Waals surface area contributed by atoms with Crippen LogP contribution in [0.15, 0.2) is 60.7 Å². The lowest BCUT2D eigenvalue weighted by molar-refractivity contribution is -0.119. The third-order valence-electron chi connectivity index (χ3n) is 5.97. The molecule has 1 aromatic heterocycles. The van der Waals surface area contributed by atoms with E-state index in [4.69, 9.17) is 20.2 Å². The molecule has 2 heterocycles. The monoisotopic (exact) mass is 445 g/mol. The molecule has 1 aliphatic heterocycles. The average Bonchev–Trinajstić information content (AvgIpc) is 3.26. The minimum Gasteiger partial charge on any atom is -0.493 e. The number of aromatic nitrogens is 1. The Hall–Kier alpha value is -3.38. The third kappa shape index (κ3) is 5.90. The van der Waals surface area contributed by atoms with Crippen molar-refractivity contribution in [3.63, 3.8) is 0 Å². The Morgan fingerprint density at radius 3 is 2.64 bits per heavy atom. The van der Waals surface area contributed by atoms with E-state index in [9.17, 15) is 4.79 Å². The number of likely N-dealkylation sites (tertiary alicyclic amines) is 1. The van der Waals surface area contributed by atoms with E-state index in [1.807, 2.05) is 18.2 Å². The van der Waals surface area contributed by atoms with Crippen molar-refractivity contribution >= 4 is 5.91 Å². The summed E-state index contributed by atoms with van der Waals surface area (Å²) in [6.07, 6.45) is 3.15. The zero-order chi connectivity index (χ0) is 23.2. The summed E-state index contributed by atoms with van der Waals surface area (Å²) in [4.78, 5) is 18.4. The van der Waals surface area contributed by atoms with Crippen LogP contribution in [0.4, 0.5) is 0 Å². The van der Waals surface area contributed by atoms with Gasteiger partial charge in [-0.2, -0.15) is 0 Å². The molecule has 33 heavy (non-hydrogen) atoms. The van der Waals surface area contributed by atoms with Crippen molar-refractivity contribution in [3.8, 4) is 11.5 Å². The highest BCUT2D eigenvalue weighted by Gasteiger charge is 2.28. The van der Waals surface area contributed by atoms with Gasteiger partial charge in [-0.1, -0.05) is 36.4 Å². The molecule has 2 aromatic carbocycles. The lowest BCUT2D eigenvalue weighted by Crippen LogP contribution is -2.24. The molecule has 0 spiro atoms. The van der Waals surface area contributed by atoms with Crippen molar-refractivity contribution in [2.75, 3.05) is 20.3 Å². The van der Waals surface area contributed by atoms with Crippen molar-refractivity contribution in [2.24, 2.45) is 5.73 Å². The molecule has 2 N–H and O–H groups in total. The molecular weight excluding hydrogens is 414 g/mol. The fraction of sp³-hybridized carbons (Fsp3) is 0.333. The number of benzene rings is 2. The molecule has 0 aliphatic carbocycles.